The highest BCUT2D eigenvalue weighted by Crippen LogP contribution is 2.26. The molecule has 0 bridgehead atoms. The maximum atomic E-state index is 6.35. The Bertz CT molecular complexity index is 864. The number of quaternary nitrogens is 1. The summed E-state index contributed by atoms with van der Waals surface area (Å²) in [6.07, 6.45) is 2.62. The second-order valence-corrected chi connectivity index (χ2v) is 8.07. The normalized spacial score (nSPS) is 21.8. The van der Waals surface area contributed by atoms with Crippen LogP contribution in [0, 0.1) is 0 Å². The van der Waals surface area contributed by atoms with E-state index in [4.69, 9.17) is 4.74 Å². The van der Waals surface area contributed by atoms with Gasteiger partial charge in [0, 0.05) is 23.4 Å². The first-order valence-electron chi connectivity index (χ1n) is 10.1. The van der Waals surface area contributed by atoms with Crippen LogP contribution in [0.5, 0.6) is 5.75 Å². The predicted octanol–water partition coefficient (Wildman–Crippen LogP) is 5.62. The summed E-state index contributed by atoms with van der Waals surface area (Å²) in [5.41, 5.74) is 3.58. The molecule has 3 aromatic carbocycles. The molecule has 3 heteroatoms. The minimum Gasteiger partial charge on any atom is -0.485 e. The van der Waals surface area contributed by atoms with E-state index in [9.17, 15) is 0 Å². The second-order valence-electron chi connectivity index (χ2n) is 8.07. The molecule has 0 aliphatic carbocycles. The fraction of sp³-hybridized carbons (Fsp3) is 0.280. The van der Waals surface area contributed by atoms with Crippen LogP contribution >= 0.6 is 0 Å². The number of likely N-dealkylation sites (N-methyl/N-ethyl adjacent to an activating group) is 1. The maximum absolute atomic E-state index is 6.35. The molecule has 2 atom stereocenters. The zero-order valence-corrected chi connectivity index (χ0v) is 16.6. The van der Waals surface area contributed by atoms with Gasteiger partial charge in [0.1, 0.15) is 24.9 Å². The summed E-state index contributed by atoms with van der Waals surface area (Å²) in [5, 5.41) is 3.42. The summed E-state index contributed by atoms with van der Waals surface area (Å²) in [5.74, 6) is 0.955. The van der Waals surface area contributed by atoms with Crippen LogP contribution in [0.4, 0.5) is 11.4 Å². The lowest BCUT2D eigenvalue weighted by Gasteiger charge is -2.41. The summed E-state index contributed by atoms with van der Waals surface area (Å²) in [6.45, 7) is 3.34. The molecule has 1 fully saturated rings. The summed E-state index contributed by atoms with van der Waals surface area (Å²) in [6, 6.07) is 29.3. The Morgan fingerprint density at radius 1 is 0.857 bits per heavy atom. The van der Waals surface area contributed by atoms with Gasteiger partial charge in [-0.3, -0.25) is 0 Å². The quantitative estimate of drug-likeness (QED) is 0.566. The van der Waals surface area contributed by atoms with Gasteiger partial charge in [0.05, 0.1) is 13.6 Å². The Kier molecular flexibility index (Phi) is 5.63. The third kappa shape index (κ3) is 4.93. The number of para-hydroxylation sites is 1. The number of piperidine rings is 1. The van der Waals surface area contributed by atoms with Crippen molar-refractivity contribution in [2.75, 3.05) is 25.5 Å². The standard InChI is InChI=1S/C25H29N2O/c1-27(19-21-9-4-2-5-10-21)18-8-13-25(20-27)28-24-16-14-23(15-17-24)26-22-11-6-3-7-12-22/h2-7,9-12,14-17,25-26H,8,13,18-20H2,1H3/q+1. The molecule has 1 heterocycles. The Morgan fingerprint density at radius 3 is 2.21 bits per heavy atom. The van der Waals surface area contributed by atoms with Crippen LogP contribution in [0.3, 0.4) is 0 Å². The maximum Gasteiger partial charge on any atom is 0.148 e. The van der Waals surface area contributed by atoms with Crippen LogP contribution in [0.25, 0.3) is 0 Å². The molecule has 1 saturated heterocycles. The first kappa shape index (κ1) is 18.6. The predicted molar refractivity (Wildman–Crippen MR) is 116 cm³/mol. The van der Waals surface area contributed by atoms with Crippen LogP contribution < -0.4 is 10.1 Å². The molecule has 28 heavy (non-hydrogen) atoms. The lowest BCUT2D eigenvalue weighted by Crippen LogP contribution is -2.53. The van der Waals surface area contributed by atoms with E-state index in [1.54, 1.807) is 0 Å². The lowest BCUT2D eigenvalue weighted by atomic mass is 10.0. The van der Waals surface area contributed by atoms with E-state index in [1.807, 2.05) is 18.2 Å². The summed E-state index contributed by atoms with van der Waals surface area (Å²) in [4.78, 5) is 0. The van der Waals surface area contributed by atoms with Gasteiger partial charge in [0.2, 0.25) is 0 Å². The zero-order chi connectivity index (χ0) is 19.2. The van der Waals surface area contributed by atoms with Gasteiger partial charge < -0.3 is 14.5 Å². The zero-order valence-electron chi connectivity index (χ0n) is 16.6. The van der Waals surface area contributed by atoms with Gasteiger partial charge in [-0.1, -0.05) is 48.5 Å². The summed E-state index contributed by atoms with van der Waals surface area (Å²) in [7, 11) is 2.36. The number of rotatable bonds is 6. The Balaban J connectivity index is 1.36. The molecule has 0 spiro atoms. The fourth-order valence-corrected chi connectivity index (χ4v) is 4.14. The van der Waals surface area contributed by atoms with Gasteiger partial charge in [-0.2, -0.15) is 0 Å². The van der Waals surface area contributed by atoms with Gasteiger partial charge in [0.25, 0.3) is 0 Å². The number of nitrogens with zero attached hydrogens (tertiary/aromatic N) is 1. The molecule has 1 aliphatic heterocycles. The highest BCUT2D eigenvalue weighted by molar-refractivity contribution is 5.60. The number of nitrogens with one attached hydrogen (secondary N) is 1. The number of benzene rings is 3. The molecule has 1 N–H and O–H groups in total. The topological polar surface area (TPSA) is 21.3 Å². The monoisotopic (exact) mass is 373 g/mol. The average molecular weight is 374 g/mol. The molecule has 3 nitrogen and oxygen atoms in total. The van der Waals surface area contributed by atoms with Crippen LogP contribution in [-0.2, 0) is 6.54 Å². The van der Waals surface area contributed by atoms with Crippen molar-refractivity contribution in [2.24, 2.45) is 0 Å². The molecule has 2 unspecified atom stereocenters. The average Bonchev–Trinajstić information content (AvgIpc) is 2.71. The molecule has 0 aromatic heterocycles. The smallest absolute Gasteiger partial charge is 0.148 e. The Morgan fingerprint density at radius 2 is 1.50 bits per heavy atom. The molecule has 3 aromatic rings. The van der Waals surface area contributed by atoms with Crippen LogP contribution in [0.2, 0.25) is 0 Å². The number of hydrogen-bond donors (Lipinski definition) is 1. The van der Waals surface area contributed by atoms with Crippen molar-refractivity contribution >= 4 is 11.4 Å². The lowest BCUT2D eigenvalue weighted by molar-refractivity contribution is -0.929. The van der Waals surface area contributed by atoms with Crippen molar-refractivity contribution in [3.63, 3.8) is 0 Å². The minimum atomic E-state index is 0.274. The van der Waals surface area contributed by atoms with Crippen molar-refractivity contribution in [1.29, 1.82) is 0 Å². The molecule has 1 aliphatic rings. The molecule has 144 valence electrons. The molecular formula is C25H29N2O+. The van der Waals surface area contributed by atoms with Crippen molar-refractivity contribution in [3.8, 4) is 5.75 Å². The number of hydrogen-bond acceptors (Lipinski definition) is 2. The minimum absolute atomic E-state index is 0.274. The van der Waals surface area contributed by atoms with E-state index in [0.29, 0.717) is 0 Å². The van der Waals surface area contributed by atoms with Crippen molar-refractivity contribution in [1.82, 2.24) is 0 Å². The second kappa shape index (κ2) is 8.49. The van der Waals surface area contributed by atoms with E-state index in [-0.39, 0.29) is 6.10 Å². The fourth-order valence-electron chi connectivity index (χ4n) is 4.14. The van der Waals surface area contributed by atoms with E-state index in [0.717, 1.165) is 41.1 Å². The van der Waals surface area contributed by atoms with Crippen molar-refractivity contribution in [3.05, 3.63) is 90.5 Å². The number of anilines is 2. The SMILES string of the molecule is C[N+]1(Cc2ccccc2)CCCC(Oc2ccc(Nc3ccccc3)cc2)C1. The Labute approximate surface area is 168 Å². The van der Waals surface area contributed by atoms with Gasteiger partial charge in [-0.15, -0.1) is 0 Å². The van der Waals surface area contributed by atoms with Crippen LogP contribution in [0.15, 0.2) is 84.9 Å². The third-order valence-corrected chi connectivity index (χ3v) is 5.50. The molecule has 0 saturated carbocycles. The van der Waals surface area contributed by atoms with Crippen LogP contribution in [-0.4, -0.2) is 30.7 Å². The number of likely N-dealkylation sites (tertiary alicyclic amines) is 1. The molecule has 4 rings (SSSR count). The largest absolute Gasteiger partial charge is 0.485 e. The molecule has 0 amide bonds. The molecule has 0 radical (unpaired) electrons. The van der Waals surface area contributed by atoms with Gasteiger partial charge in [0.15, 0.2) is 0 Å². The highest BCUT2D eigenvalue weighted by Gasteiger charge is 2.32. The third-order valence-electron chi connectivity index (χ3n) is 5.50. The van der Waals surface area contributed by atoms with E-state index in [1.165, 1.54) is 18.5 Å². The van der Waals surface area contributed by atoms with Gasteiger partial charge >= 0.3 is 0 Å². The van der Waals surface area contributed by atoms with E-state index >= 15 is 0 Å². The first-order valence-corrected chi connectivity index (χ1v) is 10.1. The Hall–Kier alpha value is -2.78. The number of ether oxygens (including phenoxy) is 1. The highest BCUT2D eigenvalue weighted by atomic mass is 16.5. The van der Waals surface area contributed by atoms with Crippen molar-refractivity contribution in [2.45, 2.75) is 25.5 Å². The van der Waals surface area contributed by atoms with Crippen LogP contribution in [0.1, 0.15) is 18.4 Å². The van der Waals surface area contributed by atoms with Crippen molar-refractivity contribution < 1.29 is 9.22 Å². The van der Waals surface area contributed by atoms with E-state index < -0.39 is 0 Å². The molecular weight excluding hydrogens is 344 g/mol. The van der Waals surface area contributed by atoms with Gasteiger partial charge in [-0.25, -0.2) is 0 Å². The first-order chi connectivity index (χ1) is 13.7. The van der Waals surface area contributed by atoms with E-state index in [2.05, 4.69) is 79.1 Å². The summed E-state index contributed by atoms with van der Waals surface area (Å²) >= 11 is 0. The van der Waals surface area contributed by atoms with Gasteiger partial charge in [-0.05, 0) is 42.8 Å². The summed E-state index contributed by atoms with van der Waals surface area (Å²) < 4.78 is 7.39.